The molecule has 3 aliphatic heterocycles. The van der Waals surface area contributed by atoms with Gasteiger partial charge in [0.2, 0.25) is 20.0 Å². The molecule has 9 rings (SSSR count). The summed E-state index contributed by atoms with van der Waals surface area (Å²) < 4.78 is 98.6. The summed E-state index contributed by atoms with van der Waals surface area (Å²) in [5.74, 6) is 2.87. The first-order chi connectivity index (χ1) is 52.3. The number of benzene rings is 6. The maximum absolute atomic E-state index is 13.6. The lowest BCUT2D eigenvalue weighted by atomic mass is 9.88. The highest BCUT2D eigenvalue weighted by atomic mass is 35.5. The van der Waals surface area contributed by atoms with Crippen molar-refractivity contribution < 1.29 is 44.6 Å². The molecule has 0 unspecified atom stereocenters. The van der Waals surface area contributed by atoms with Gasteiger partial charge < -0.3 is 39.4 Å². The molecule has 0 radical (unpaired) electrons. The van der Waals surface area contributed by atoms with Gasteiger partial charge in [0, 0.05) is 130 Å². The van der Waals surface area contributed by atoms with Crippen LogP contribution < -0.4 is 39.0 Å². The largest absolute Gasteiger partial charge is 0.497 e. The van der Waals surface area contributed by atoms with Crippen molar-refractivity contribution in [3.63, 3.8) is 0 Å². The van der Waals surface area contributed by atoms with Crippen LogP contribution in [0.5, 0.6) is 23.0 Å². The third-order valence-electron chi connectivity index (χ3n) is 17.6. The Labute approximate surface area is 708 Å². The van der Waals surface area contributed by atoms with E-state index in [0.717, 1.165) is 212 Å². The van der Waals surface area contributed by atoms with Crippen LogP contribution in [0.2, 0.25) is 20.1 Å². The second-order valence-corrected chi connectivity index (χ2v) is 42.4. The van der Waals surface area contributed by atoms with Crippen molar-refractivity contribution in [1.82, 2.24) is 30.2 Å². The zero-order valence-corrected chi connectivity index (χ0v) is 76.9. The van der Waals surface area contributed by atoms with E-state index < -0.39 is 20.0 Å². The molecule has 0 aliphatic carbocycles. The first-order valence-electron chi connectivity index (χ1n) is 39.6. The van der Waals surface area contributed by atoms with E-state index in [4.69, 9.17) is 65.4 Å². The second-order valence-electron chi connectivity index (χ2n) is 37.2. The summed E-state index contributed by atoms with van der Waals surface area (Å²) in [5, 5.41) is 9.75. The molecule has 0 saturated carbocycles. The molecule has 0 amide bonds. The minimum atomic E-state index is -3.32. The smallest absolute Gasteiger partial charge is 0.229 e. The minimum Gasteiger partial charge on any atom is -0.497 e. The summed E-state index contributed by atoms with van der Waals surface area (Å²) in [7, 11) is -2.81. The van der Waals surface area contributed by atoms with E-state index in [1.54, 1.807) is 37.4 Å². The first-order valence-corrected chi connectivity index (χ1v) is 44.9. The lowest BCUT2D eigenvalue weighted by molar-refractivity contribution is 0.133. The average Bonchev–Trinajstić information content (AvgIpc) is 0.844. The maximum Gasteiger partial charge on any atom is 0.229 e. The van der Waals surface area contributed by atoms with Crippen molar-refractivity contribution in [2.24, 2.45) is 32.5 Å². The number of halogens is 6. The summed E-state index contributed by atoms with van der Waals surface area (Å²) in [6.45, 7) is 57.4. The lowest BCUT2D eigenvalue weighted by Crippen LogP contribution is -2.45. The second kappa shape index (κ2) is 48.2. The Kier molecular flexibility index (Phi) is 43.5. The number of nitrogens with zero attached hydrogens (tertiary/aromatic N) is 4. The maximum atomic E-state index is 13.6. The van der Waals surface area contributed by atoms with E-state index in [1.807, 2.05) is 63.2 Å². The molecule has 0 bridgehead atoms. The SMILES string of the molecule is C.CC(C)(C)Cc1cc(NS(C)(=O)=O)ccc1F.CC(C)(C)Cc1ccc(NS(C)(=O)=O)cc1Cl.CC(C)(C)Cc1ccc(OCCCN2CCNCC2)cc1Cl.CC(C)(C)Cc1ccc(OCCN2CCNCC2)cc1Cl.CN1CCN(CCOc2ccc(CC(C)(C)C)c(Cl)c2)CC1.COc1ccc(F)c(CC(C)(C)C)c1. The van der Waals surface area contributed by atoms with E-state index in [9.17, 15) is 25.6 Å². The van der Waals surface area contributed by atoms with Crippen LogP contribution in [-0.2, 0) is 58.6 Å². The van der Waals surface area contributed by atoms with E-state index in [0.29, 0.717) is 34.1 Å². The first kappa shape index (κ1) is 103. The third-order valence-corrected chi connectivity index (χ3v) is 20.2. The van der Waals surface area contributed by atoms with Crippen LogP contribution >= 0.6 is 46.4 Å². The molecule has 24 heteroatoms. The fraction of sp³-hybridized carbons (Fsp3) is 0.600. The average molecular weight is 1710 g/mol. The highest BCUT2D eigenvalue weighted by Crippen LogP contribution is 2.34. The van der Waals surface area contributed by atoms with Crippen molar-refractivity contribution in [3.05, 3.63) is 174 Å². The molecule has 114 heavy (non-hydrogen) atoms. The van der Waals surface area contributed by atoms with E-state index in [2.05, 4.69) is 169 Å². The summed E-state index contributed by atoms with van der Waals surface area (Å²) in [6, 6.07) is 32.6. The van der Waals surface area contributed by atoms with Gasteiger partial charge in [-0.1, -0.05) is 203 Å². The van der Waals surface area contributed by atoms with Crippen molar-refractivity contribution in [2.75, 3.05) is 154 Å². The van der Waals surface area contributed by atoms with E-state index >= 15 is 0 Å². The van der Waals surface area contributed by atoms with Gasteiger partial charge >= 0.3 is 0 Å². The molecule has 3 heterocycles. The van der Waals surface area contributed by atoms with Crippen molar-refractivity contribution in [3.8, 4) is 23.0 Å². The van der Waals surface area contributed by atoms with Crippen molar-refractivity contribution in [2.45, 2.75) is 177 Å². The fourth-order valence-corrected chi connectivity index (χ4v) is 14.6. The van der Waals surface area contributed by atoms with Gasteiger partial charge in [0.05, 0.1) is 26.2 Å². The van der Waals surface area contributed by atoms with Gasteiger partial charge in [-0.05, 0) is 203 Å². The molecule has 0 atom stereocenters. The van der Waals surface area contributed by atoms with Gasteiger partial charge in [-0.3, -0.25) is 19.2 Å². The van der Waals surface area contributed by atoms with Gasteiger partial charge in [0.15, 0.2) is 0 Å². The molecule has 0 spiro atoms. The van der Waals surface area contributed by atoms with Gasteiger partial charge in [0.25, 0.3) is 0 Å². The monoisotopic (exact) mass is 1700 g/mol. The Hall–Kier alpha value is -5.20. The number of hydrogen-bond acceptors (Lipinski definition) is 14. The molecule has 6 aromatic rings. The van der Waals surface area contributed by atoms with Gasteiger partial charge in [-0.15, -0.1) is 0 Å². The zero-order valence-electron chi connectivity index (χ0n) is 72.2. The lowest BCUT2D eigenvalue weighted by Gasteiger charge is -2.32. The quantitative estimate of drug-likeness (QED) is 0.0423. The van der Waals surface area contributed by atoms with Gasteiger partial charge in [0.1, 0.15) is 47.8 Å². The van der Waals surface area contributed by atoms with Crippen LogP contribution in [-0.4, -0.2) is 181 Å². The van der Waals surface area contributed by atoms with Crippen LogP contribution in [0.15, 0.2) is 109 Å². The van der Waals surface area contributed by atoms with Crippen LogP contribution in [0.4, 0.5) is 20.2 Å². The molecule has 3 saturated heterocycles. The molecule has 16 nitrogen and oxygen atoms in total. The number of piperazine rings is 3. The van der Waals surface area contributed by atoms with Crippen LogP contribution in [0, 0.1) is 44.1 Å². The highest BCUT2D eigenvalue weighted by molar-refractivity contribution is 7.92. The summed E-state index contributed by atoms with van der Waals surface area (Å²) in [5.41, 5.74) is 7.66. The summed E-state index contributed by atoms with van der Waals surface area (Å²) >= 11 is 25.3. The molecule has 3 aliphatic rings. The Balaban J connectivity index is 0.000000356. The fourth-order valence-electron chi connectivity index (χ4n) is 12.5. The van der Waals surface area contributed by atoms with Crippen LogP contribution in [0.1, 0.15) is 172 Å². The molecule has 6 aromatic carbocycles. The molecule has 4 N–H and O–H groups in total. The van der Waals surface area contributed by atoms with Gasteiger partial charge in [-0.2, -0.15) is 0 Å². The van der Waals surface area contributed by atoms with Crippen molar-refractivity contribution in [1.29, 1.82) is 0 Å². The predicted octanol–water partition coefficient (Wildman–Crippen LogP) is 20.5. The standard InChI is InChI=1S/2C18H29ClN2O.C17H27ClN2O.C12H18ClNO2S.C12H18FNO2S.C12H17FO.CH4/c1-18(2,3)14-15-5-6-16(13-17(15)19)22-12-11-21-9-7-20(4)8-10-21;1-18(2,3)14-15-5-6-16(13-17(15)19)22-12-4-9-21-10-7-20-8-11-21;1-17(2,3)13-14-4-5-15(12-16(14)18)21-11-10-20-8-6-19-7-9-20;1-12(2,3)8-9-5-6-10(7-11(9)13)14-17(4,15)16;1-12(2,3)8-9-7-10(5-6-11(9)13)14-17(4,15)16;1-12(2,3)8-9-7-10(14-4)5-6-11(9)13;/h5-6,13H,7-12,14H2,1-4H3;5-6,13,20H,4,7-12,14H2,1-3H3;4-5,12,19H,6-11,13H2,1-3H3;2*5-7,14H,8H2,1-4H3;5-7H,8H2,1-4H3;1H4. The van der Waals surface area contributed by atoms with Crippen molar-refractivity contribution >= 4 is 77.8 Å². The Morgan fingerprint density at radius 2 is 0.667 bits per heavy atom. The Morgan fingerprint density at radius 1 is 0.377 bits per heavy atom. The number of anilines is 2. The summed E-state index contributed by atoms with van der Waals surface area (Å²) in [4.78, 5) is 9.73. The number of sulfonamides is 2. The number of methoxy groups -OCH3 is 1. The van der Waals surface area contributed by atoms with E-state index in [-0.39, 0.29) is 51.6 Å². The topological polar surface area (TPSA) is 166 Å². The summed E-state index contributed by atoms with van der Waals surface area (Å²) in [6.07, 6.45) is 8.31. The minimum absolute atomic E-state index is 0. The highest BCUT2D eigenvalue weighted by Gasteiger charge is 2.22. The molecule has 644 valence electrons. The Morgan fingerprint density at radius 3 is 1.01 bits per heavy atom. The molecular formula is C90H142Cl4F2N8O8S2. The number of nitrogens with one attached hydrogen (secondary N) is 4. The molecule has 3 fully saturated rings. The predicted molar refractivity (Wildman–Crippen MR) is 481 cm³/mol. The number of rotatable bonds is 24. The number of likely N-dealkylation sites (N-methyl/N-ethyl adjacent to an activating group) is 1. The Bertz CT molecular complexity index is 4060. The number of hydrogen-bond donors (Lipinski definition) is 4. The zero-order chi connectivity index (χ0) is 84.8. The van der Waals surface area contributed by atoms with E-state index in [1.165, 1.54) is 34.9 Å². The van der Waals surface area contributed by atoms with Crippen LogP contribution in [0.25, 0.3) is 0 Å². The molecule has 0 aromatic heterocycles. The number of ether oxygens (including phenoxy) is 4. The van der Waals surface area contributed by atoms with Gasteiger partial charge in [-0.25, -0.2) is 25.6 Å². The molecular weight excluding hydrogens is 1560 g/mol. The van der Waals surface area contributed by atoms with Crippen LogP contribution in [0.3, 0.4) is 0 Å². The normalized spacial score (nSPS) is 14.9. The third kappa shape index (κ3) is 46.8.